The van der Waals surface area contributed by atoms with E-state index in [4.69, 9.17) is 4.42 Å². The summed E-state index contributed by atoms with van der Waals surface area (Å²) >= 11 is 0. The summed E-state index contributed by atoms with van der Waals surface area (Å²) in [5.41, 5.74) is 2.20. The van der Waals surface area contributed by atoms with Crippen molar-refractivity contribution in [2.45, 2.75) is 32.4 Å². The van der Waals surface area contributed by atoms with Gasteiger partial charge in [0.1, 0.15) is 0 Å². The first-order chi connectivity index (χ1) is 10.2. The Balaban J connectivity index is 1.65. The monoisotopic (exact) mass is 286 g/mol. The van der Waals surface area contributed by atoms with Crippen molar-refractivity contribution in [1.82, 2.24) is 20.4 Å². The fourth-order valence-corrected chi connectivity index (χ4v) is 2.72. The Hall–Kier alpha value is -1.72. The molecule has 1 aliphatic rings. The van der Waals surface area contributed by atoms with Crippen LogP contribution in [0.25, 0.3) is 11.5 Å². The number of nitrogens with one attached hydrogen (secondary N) is 1. The molecular weight excluding hydrogens is 264 g/mol. The minimum atomic E-state index is 0.598. The normalized spacial score (nSPS) is 16.5. The Morgan fingerprint density at radius 2 is 1.90 bits per heavy atom. The van der Waals surface area contributed by atoms with Gasteiger partial charge in [-0.25, -0.2) is 0 Å². The molecule has 5 heteroatoms. The molecule has 0 aliphatic carbocycles. The van der Waals surface area contributed by atoms with Crippen LogP contribution in [0.4, 0.5) is 0 Å². The second-order valence-electron chi connectivity index (χ2n) is 5.76. The molecule has 0 atom stereocenters. The maximum atomic E-state index is 5.79. The van der Waals surface area contributed by atoms with Gasteiger partial charge in [0.15, 0.2) is 0 Å². The largest absolute Gasteiger partial charge is 0.419 e. The first-order valence-electron chi connectivity index (χ1n) is 7.53. The average molecular weight is 286 g/mol. The molecule has 1 aliphatic heterocycles. The van der Waals surface area contributed by atoms with Crippen molar-refractivity contribution in [2.75, 3.05) is 20.1 Å². The molecule has 2 heterocycles. The van der Waals surface area contributed by atoms with Crippen LogP contribution in [0.3, 0.4) is 0 Å². The highest BCUT2D eigenvalue weighted by Gasteiger charge is 2.19. The van der Waals surface area contributed by atoms with Crippen LogP contribution in [0.1, 0.15) is 24.3 Å². The van der Waals surface area contributed by atoms with Gasteiger partial charge >= 0.3 is 0 Å². The first kappa shape index (κ1) is 14.2. The molecule has 0 spiro atoms. The zero-order chi connectivity index (χ0) is 14.7. The Morgan fingerprint density at radius 3 is 2.62 bits per heavy atom. The van der Waals surface area contributed by atoms with E-state index in [9.17, 15) is 0 Å². The minimum absolute atomic E-state index is 0.598. The summed E-state index contributed by atoms with van der Waals surface area (Å²) in [6.45, 7) is 4.96. The van der Waals surface area contributed by atoms with Crippen molar-refractivity contribution < 1.29 is 4.42 Å². The van der Waals surface area contributed by atoms with E-state index in [2.05, 4.69) is 46.5 Å². The van der Waals surface area contributed by atoms with E-state index in [0.29, 0.717) is 24.4 Å². The van der Waals surface area contributed by atoms with E-state index < -0.39 is 0 Å². The molecule has 0 amide bonds. The summed E-state index contributed by atoms with van der Waals surface area (Å²) in [5.74, 6) is 1.29. The van der Waals surface area contributed by atoms with Crippen LogP contribution in [0.2, 0.25) is 0 Å². The Kier molecular flexibility index (Phi) is 4.31. The van der Waals surface area contributed by atoms with Gasteiger partial charge in [-0.2, -0.15) is 0 Å². The van der Waals surface area contributed by atoms with Crippen LogP contribution in [-0.2, 0) is 6.54 Å². The van der Waals surface area contributed by atoms with E-state index in [0.717, 1.165) is 18.7 Å². The number of piperidine rings is 1. The molecule has 0 saturated carbocycles. The highest BCUT2D eigenvalue weighted by atomic mass is 16.4. The van der Waals surface area contributed by atoms with Gasteiger partial charge in [0.25, 0.3) is 0 Å². The lowest BCUT2D eigenvalue weighted by atomic mass is 10.1. The van der Waals surface area contributed by atoms with E-state index >= 15 is 0 Å². The second kappa shape index (κ2) is 6.37. The van der Waals surface area contributed by atoms with Crippen molar-refractivity contribution in [3.63, 3.8) is 0 Å². The maximum Gasteiger partial charge on any atom is 0.247 e. The Morgan fingerprint density at radius 1 is 1.19 bits per heavy atom. The van der Waals surface area contributed by atoms with Crippen molar-refractivity contribution in [2.24, 2.45) is 0 Å². The number of aromatic nitrogens is 2. The molecule has 0 radical (unpaired) electrons. The van der Waals surface area contributed by atoms with Crippen molar-refractivity contribution in [3.8, 4) is 11.5 Å². The molecule has 1 fully saturated rings. The summed E-state index contributed by atoms with van der Waals surface area (Å²) < 4.78 is 5.79. The highest BCUT2D eigenvalue weighted by molar-refractivity contribution is 5.52. The SMILES string of the molecule is Cc1ccc(-c2nnc(CN(C)C3CCNCC3)o2)cc1. The summed E-state index contributed by atoms with van der Waals surface area (Å²) in [5, 5.41) is 11.7. The van der Waals surface area contributed by atoms with Gasteiger partial charge in [0, 0.05) is 11.6 Å². The Labute approximate surface area is 125 Å². The van der Waals surface area contributed by atoms with Crippen LogP contribution in [0.5, 0.6) is 0 Å². The lowest BCUT2D eigenvalue weighted by Crippen LogP contribution is -2.40. The van der Waals surface area contributed by atoms with E-state index in [1.165, 1.54) is 18.4 Å². The van der Waals surface area contributed by atoms with Gasteiger partial charge in [-0.1, -0.05) is 17.7 Å². The maximum absolute atomic E-state index is 5.79. The molecule has 1 N–H and O–H groups in total. The lowest BCUT2D eigenvalue weighted by Gasteiger charge is -2.30. The van der Waals surface area contributed by atoms with E-state index in [1.807, 2.05) is 12.1 Å². The molecule has 0 unspecified atom stereocenters. The van der Waals surface area contributed by atoms with Gasteiger partial charge in [0.2, 0.25) is 11.8 Å². The smallest absolute Gasteiger partial charge is 0.247 e. The van der Waals surface area contributed by atoms with Gasteiger partial charge in [-0.3, -0.25) is 4.90 Å². The molecular formula is C16H22N4O. The number of aryl methyl sites for hydroxylation is 1. The van der Waals surface area contributed by atoms with Crippen LogP contribution in [-0.4, -0.2) is 41.3 Å². The third-order valence-electron chi connectivity index (χ3n) is 4.08. The Bertz CT molecular complexity index is 572. The third-order valence-corrected chi connectivity index (χ3v) is 4.08. The van der Waals surface area contributed by atoms with Crippen LogP contribution >= 0.6 is 0 Å². The number of hydrogen-bond donors (Lipinski definition) is 1. The van der Waals surface area contributed by atoms with Gasteiger partial charge in [0.05, 0.1) is 6.54 Å². The topological polar surface area (TPSA) is 54.2 Å². The van der Waals surface area contributed by atoms with Gasteiger partial charge in [-0.15, -0.1) is 10.2 Å². The van der Waals surface area contributed by atoms with E-state index in [-0.39, 0.29) is 0 Å². The van der Waals surface area contributed by atoms with Crippen molar-refractivity contribution in [3.05, 3.63) is 35.7 Å². The molecule has 1 aromatic carbocycles. The quantitative estimate of drug-likeness (QED) is 0.934. The number of benzene rings is 1. The highest BCUT2D eigenvalue weighted by Crippen LogP contribution is 2.19. The summed E-state index contributed by atoms with van der Waals surface area (Å²) in [4.78, 5) is 2.31. The lowest BCUT2D eigenvalue weighted by molar-refractivity contribution is 0.177. The predicted molar refractivity (Wildman–Crippen MR) is 81.8 cm³/mol. The molecule has 5 nitrogen and oxygen atoms in total. The third kappa shape index (κ3) is 3.49. The standard InChI is InChI=1S/C16H22N4O/c1-12-3-5-13(6-4-12)16-19-18-15(21-16)11-20(2)14-7-9-17-10-8-14/h3-6,14,17H,7-11H2,1-2H3. The number of hydrogen-bond acceptors (Lipinski definition) is 5. The van der Waals surface area contributed by atoms with Crippen molar-refractivity contribution >= 4 is 0 Å². The summed E-state index contributed by atoms with van der Waals surface area (Å²) in [6.07, 6.45) is 2.35. The van der Waals surface area contributed by atoms with Crippen LogP contribution in [0.15, 0.2) is 28.7 Å². The first-order valence-corrected chi connectivity index (χ1v) is 7.53. The average Bonchev–Trinajstić information content (AvgIpc) is 2.97. The molecule has 3 rings (SSSR count). The van der Waals surface area contributed by atoms with Gasteiger partial charge in [-0.05, 0) is 52.0 Å². The summed E-state index contributed by atoms with van der Waals surface area (Å²) in [6, 6.07) is 8.74. The van der Waals surface area contributed by atoms with Crippen LogP contribution < -0.4 is 5.32 Å². The molecule has 112 valence electrons. The zero-order valence-corrected chi connectivity index (χ0v) is 12.7. The molecule has 1 saturated heterocycles. The van der Waals surface area contributed by atoms with Crippen LogP contribution in [0, 0.1) is 6.92 Å². The predicted octanol–water partition coefficient (Wildman–Crippen LogP) is 2.23. The molecule has 0 bridgehead atoms. The van der Waals surface area contributed by atoms with Crippen molar-refractivity contribution in [1.29, 1.82) is 0 Å². The minimum Gasteiger partial charge on any atom is -0.419 e. The fraction of sp³-hybridized carbons (Fsp3) is 0.500. The molecule has 21 heavy (non-hydrogen) atoms. The zero-order valence-electron chi connectivity index (χ0n) is 12.7. The molecule has 2 aromatic rings. The number of rotatable bonds is 4. The van der Waals surface area contributed by atoms with E-state index in [1.54, 1.807) is 0 Å². The number of nitrogens with zero attached hydrogens (tertiary/aromatic N) is 3. The fourth-order valence-electron chi connectivity index (χ4n) is 2.72. The summed E-state index contributed by atoms with van der Waals surface area (Å²) in [7, 11) is 2.13. The van der Waals surface area contributed by atoms with Gasteiger partial charge < -0.3 is 9.73 Å². The molecule has 1 aromatic heterocycles. The second-order valence-corrected chi connectivity index (χ2v) is 5.76.